The van der Waals surface area contributed by atoms with Crippen molar-refractivity contribution in [3.8, 4) is 0 Å². The lowest BCUT2D eigenvalue weighted by Crippen LogP contribution is -2.19. The first kappa shape index (κ1) is 14.6. The second kappa shape index (κ2) is 6.59. The van der Waals surface area contributed by atoms with E-state index in [0.29, 0.717) is 12.0 Å². The largest absolute Gasteiger partial charge is 0.369 e. The van der Waals surface area contributed by atoms with Gasteiger partial charge in [0.05, 0.1) is 6.20 Å². The first-order chi connectivity index (χ1) is 9.60. The SMILES string of the molecule is CCCNc1cn2ccnc2c(NC(C)CC(C)C)n1. The molecule has 5 nitrogen and oxygen atoms in total. The maximum atomic E-state index is 4.65. The Kier molecular flexibility index (Phi) is 4.82. The van der Waals surface area contributed by atoms with Crippen LogP contribution in [0.3, 0.4) is 0 Å². The Morgan fingerprint density at radius 1 is 1.30 bits per heavy atom. The molecule has 0 spiro atoms. The van der Waals surface area contributed by atoms with Crippen LogP contribution in [0.15, 0.2) is 18.6 Å². The molecule has 0 aliphatic rings. The molecule has 0 saturated carbocycles. The zero-order valence-electron chi connectivity index (χ0n) is 12.8. The third kappa shape index (κ3) is 3.62. The Balaban J connectivity index is 2.22. The summed E-state index contributed by atoms with van der Waals surface area (Å²) < 4.78 is 2.01. The van der Waals surface area contributed by atoms with Gasteiger partial charge in [0.15, 0.2) is 11.5 Å². The number of nitrogens with one attached hydrogen (secondary N) is 2. The number of fused-ring (bicyclic) bond motifs is 1. The van der Waals surface area contributed by atoms with Gasteiger partial charge < -0.3 is 15.0 Å². The Bertz CT molecular complexity index is 546. The highest BCUT2D eigenvalue weighted by molar-refractivity contribution is 5.65. The van der Waals surface area contributed by atoms with Gasteiger partial charge in [-0.3, -0.25) is 0 Å². The lowest BCUT2D eigenvalue weighted by molar-refractivity contribution is 0.539. The van der Waals surface area contributed by atoms with Gasteiger partial charge in [-0.1, -0.05) is 20.8 Å². The fourth-order valence-electron chi connectivity index (χ4n) is 2.37. The van der Waals surface area contributed by atoms with Crippen LogP contribution in [0, 0.1) is 5.92 Å². The topological polar surface area (TPSA) is 54.2 Å². The molecule has 0 aromatic carbocycles. The van der Waals surface area contributed by atoms with E-state index >= 15 is 0 Å². The summed E-state index contributed by atoms with van der Waals surface area (Å²) in [5.41, 5.74) is 0.877. The summed E-state index contributed by atoms with van der Waals surface area (Å²) in [5.74, 6) is 2.40. The van der Waals surface area contributed by atoms with Crippen LogP contribution < -0.4 is 10.6 Å². The maximum absolute atomic E-state index is 4.65. The van der Waals surface area contributed by atoms with Crippen LogP contribution in [-0.4, -0.2) is 27.0 Å². The Morgan fingerprint density at radius 3 is 2.80 bits per heavy atom. The summed E-state index contributed by atoms with van der Waals surface area (Å²) in [6.45, 7) is 9.72. The van der Waals surface area contributed by atoms with Crippen LogP contribution in [0.2, 0.25) is 0 Å². The number of hydrogen-bond donors (Lipinski definition) is 2. The van der Waals surface area contributed by atoms with Gasteiger partial charge in [-0.2, -0.15) is 0 Å². The van der Waals surface area contributed by atoms with Crippen molar-refractivity contribution in [2.24, 2.45) is 5.92 Å². The quantitative estimate of drug-likeness (QED) is 0.813. The minimum atomic E-state index is 0.379. The van der Waals surface area contributed by atoms with Crippen molar-refractivity contribution in [3.63, 3.8) is 0 Å². The molecule has 0 aliphatic carbocycles. The molecule has 20 heavy (non-hydrogen) atoms. The molecule has 2 aromatic rings. The first-order valence-electron chi connectivity index (χ1n) is 7.44. The van der Waals surface area contributed by atoms with E-state index in [1.165, 1.54) is 0 Å². The van der Waals surface area contributed by atoms with Gasteiger partial charge >= 0.3 is 0 Å². The molecule has 0 fully saturated rings. The standard InChI is InChI=1S/C15H25N5/c1-5-6-16-13-10-20-8-7-17-15(20)14(19-13)18-12(4)9-11(2)3/h7-8,10-12,16H,5-6,9H2,1-4H3,(H,18,19). The van der Waals surface area contributed by atoms with Gasteiger partial charge in [-0.05, 0) is 25.7 Å². The third-order valence-corrected chi connectivity index (χ3v) is 3.14. The van der Waals surface area contributed by atoms with Crippen molar-refractivity contribution in [1.29, 1.82) is 0 Å². The van der Waals surface area contributed by atoms with E-state index in [4.69, 9.17) is 0 Å². The van der Waals surface area contributed by atoms with Crippen molar-refractivity contribution in [2.45, 2.75) is 46.6 Å². The molecule has 0 amide bonds. The minimum Gasteiger partial charge on any atom is -0.369 e. The molecule has 2 aromatic heterocycles. The van der Waals surface area contributed by atoms with Gasteiger partial charge in [0.2, 0.25) is 0 Å². The zero-order valence-corrected chi connectivity index (χ0v) is 12.8. The molecule has 1 unspecified atom stereocenters. The van der Waals surface area contributed by atoms with Crippen molar-refractivity contribution >= 4 is 17.3 Å². The monoisotopic (exact) mass is 275 g/mol. The van der Waals surface area contributed by atoms with E-state index in [1.807, 2.05) is 16.8 Å². The Labute approximate surface area is 120 Å². The highest BCUT2D eigenvalue weighted by Crippen LogP contribution is 2.18. The summed E-state index contributed by atoms with van der Waals surface area (Å²) in [6, 6.07) is 0.379. The van der Waals surface area contributed by atoms with E-state index in [2.05, 4.69) is 48.3 Å². The second-order valence-electron chi connectivity index (χ2n) is 5.73. The molecule has 1 atom stereocenters. The van der Waals surface area contributed by atoms with E-state index in [0.717, 1.165) is 36.7 Å². The summed E-state index contributed by atoms with van der Waals surface area (Å²) in [6.07, 6.45) is 7.93. The van der Waals surface area contributed by atoms with E-state index < -0.39 is 0 Å². The fourth-order valence-corrected chi connectivity index (χ4v) is 2.37. The molecule has 0 saturated heterocycles. The molecule has 110 valence electrons. The molecule has 0 bridgehead atoms. The smallest absolute Gasteiger partial charge is 0.180 e. The van der Waals surface area contributed by atoms with Crippen LogP contribution in [0.5, 0.6) is 0 Å². The lowest BCUT2D eigenvalue weighted by Gasteiger charge is -2.17. The van der Waals surface area contributed by atoms with E-state index in [1.54, 1.807) is 6.20 Å². The number of aromatic nitrogens is 3. The molecule has 2 rings (SSSR count). The van der Waals surface area contributed by atoms with Crippen molar-refractivity contribution in [3.05, 3.63) is 18.6 Å². The van der Waals surface area contributed by atoms with Gasteiger partial charge in [0, 0.05) is 25.0 Å². The number of anilines is 2. The predicted molar refractivity (Wildman–Crippen MR) is 84.3 cm³/mol. The fraction of sp³-hybridized carbons (Fsp3) is 0.600. The molecule has 5 heteroatoms. The predicted octanol–water partition coefficient (Wildman–Crippen LogP) is 3.40. The Morgan fingerprint density at radius 2 is 2.10 bits per heavy atom. The molecule has 0 aliphatic heterocycles. The number of rotatable bonds is 7. The molecular weight excluding hydrogens is 250 g/mol. The van der Waals surface area contributed by atoms with E-state index in [-0.39, 0.29) is 0 Å². The molecule has 2 heterocycles. The summed E-state index contributed by atoms with van der Waals surface area (Å²) in [5, 5.41) is 6.82. The minimum absolute atomic E-state index is 0.379. The molecular formula is C15H25N5. The average Bonchev–Trinajstić information content (AvgIpc) is 2.83. The van der Waals surface area contributed by atoms with E-state index in [9.17, 15) is 0 Å². The number of hydrogen-bond acceptors (Lipinski definition) is 4. The average molecular weight is 275 g/mol. The van der Waals surface area contributed by atoms with Gasteiger partial charge in [-0.25, -0.2) is 9.97 Å². The highest BCUT2D eigenvalue weighted by Gasteiger charge is 2.11. The molecule has 2 N–H and O–H groups in total. The van der Waals surface area contributed by atoms with Gasteiger partial charge in [-0.15, -0.1) is 0 Å². The van der Waals surface area contributed by atoms with Crippen LogP contribution >= 0.6 is 0 Å². The van der Waals surface area contributed by atoms with Crippen molar-refractivity contribution in [2.75, 3.05) is 17.2 Å². The van der Waals surface area contributed by atoms with Crippen LogP contribution in [0.4, 0.5) is 11.6 Å². The number of nitrogens with zero attached hydrogens (tertiary/aromatic N) is 3. The van der Waals surface area contributed by atoms with Crippen molar-refractivity contribution < 1.29 is 0 Å². The third-order valence-electron chi connectivity index (χ3n) is 3.14. The van der Waals surface area contributed by atoms with Gasteiger partial charge in [0.1, 0.15) is 5.82 Å². The first-order valence-corrected chi connectivity index (χ1v) is 7.44. The van der Waals surface area contributed by atoms with Crippen LogP contribution in [-0.2, 0) is 0 Å². The van der Waals surface area contributed by atoms with Crippen molar-refractivity contribution in [1.82, 2.24) is 14.4 Å². The zero-order chi connectivity index (χ0) is 14.5. The highest BCUT2D eigenvalue weighted by atomic mass is 15.1. The Hall–Kier alpha value is -1.78. The summed E-state index contributed by atoms with van der Waals surface area (Å²) in [4.78, 5) is 9.03. The second-order valence-corrected chi connectivity index (χ2v) is 5.73. The molecule has 0 radical (unpaired) electrons. The normalized spacial score (nSPS) is 12.8. The summed E-state index contributed by atoms with van der Waals surface area (Å²) >= 11 is 0. The number of imidazole rings is 1. The van der Waals surface area contributed by atoms with Crippen LogP contribution in [0.1, 0.15) is 40.5 Å². The lowest BCUT2D eigenvalue weighted by atomic mass is 10.1. The van der Waals surface area contributed by atoms with Gasteiger partial charge in [0.25, 0.3) is 0 Å². The van der Waals surface area contributed by atoms with Crippen LogP contribution in [0.25, 0.3) is 5.65 Å². The maximum Gasteiger partial charge on any atom is 0.180 e. The summed E-state index contributed by atoms with van der Waals surface area (Å²) in [7, 11) is 0.